The van der Waals surface area contributed by atoms with Gasteiger partial charge in [0.15, 0.2) is 0 Å². The van der Waals surface area contributed by atoms with Gasteiger partial charge in [0.1, 0.15) is 0 Å². The lowest BCUT2D eigenvalue weighted by molar-refractivity contribution is -0.00971. The molecule has 1 unspecified atom stereocenters. The minimum atomic E-state index is 0.537. The molecular weight excluding hydrogens is 138 g/mol. The fourth-order valence-corrected chi connectivity index (χ4v) is 2.26. The van der Waals surface area contributed by atoms with Gasteiger partial charge in [-0.05, 0) is 25.2 Å². The van der Waals surface area contributed by atoms with Crippen molar-refractivity contribution in [1.29, 1.82) is 0 Å². The van der Waals surface area contributed by atoms with E-state index in [0.717, 1.165) is 12.5 Å². The Bertz CT molecular complexity index is 115. The van der Waals surface area contributed by atoms with Crippen LogP contribution in [-0.2, 0) is 4.84 Å². The summed E-state index contributed by atoms with van der Waals surface area (Å²) in [5.41, 5.74) is 2.97. The van der Waals surface area contributed by atoms with Crippen LogP contribution >= 0.6 is 0 Å². The maximum absolute atomic E-state index is 5.44. The van der Waals surface area contributed by atoms with Crippen molar-refractivity contribution in [2.75, 3.05) is 6.54 Å². The highest BCUT2D eigenvalue weighted by Crippen LogP contribution is 2.30. The number of hydrogen-bond donors (Lipinski definition) is 1. The van der Waals surface area contributed by atoms with E-state index in [1.807, 2.05) is 0 Å². The van der Waals surface area contributed by atoms with E-state index >= 15 is 0 Å². The summed E-state index contributed by atoms with van der Waals surface area (Å²) in [6, 6.07) is 0. The molecule has 64 valence electrons. The van der Waals surface area contributed by atoms with Crippen molar-refractivity contribution in [3.05, 3.63) is 0 Å². The van der Waals surface area contributed by atoms with Crippen LogP contribution < -0.4 is 5.48 Å². The molecular formula is C9H17NO. The maximum atomic E-state index is 5.44. The highest BCUT2D eigenvalue weighted by molar-refractivity contribution is 4.76. The molecule has 2 nitrogen and oxygen atoms in total. The molecule has 0 radical (unpaired) electrons. The molecule has 1 heterocycles. The molecule has 0 aromatic rings. The number of hydrogen-bond acceptors (Lipinski definition) is 2. The molecule has 1 atom stereocenters. The van der Waals surface area contributed by atoms with Gasteiger partial charge < -0.3 is 0 Å². The summed E-state index contributed by atoms with van der Waals surface area (Å²) in [5.74, 6) is 0.860. The van der Waals surface area contributed by atoms with Gasteiger partial charge in [0.2, 0.25) is 0 Å². The molecule has 2 rings (SSSR count). The Morgan fingerprint density at radius 3 is 2.45 bits per heavy atom. The lowest BCUT2D eigenvalue weighted by Crippen LogP contribution is -2.23. The molecule has 1 saturated heterocycles. The third-order valence-electron chi connectivity index (χ3n) is 2.94. The normalized spacial score (nSPS) is 34.4. The number of hydroxylamine groups is 1. The quantitative estimate of drug-likeness (QED) is 0.624. The van der Waals surface area contributed by atoms with Crippen molar-refractivity contribution in [1.82, 2.24) is 5.48 Å². The molecule has 1 aliphatic carbocycles. The van der Waals surface area contributed by atoms with Crippen LogP contribution in [-0.4, -0.2) is 12.6 Å². The molecule has 0 bridgehead atoms. The van der Waals surface area contributed by atoms with E-state index in [1.54, 1.807) is 0 Å². The Kier molecular flexibility index (Phi) is 2.44. The first-order chi connectivity index (χ1) is 5.47. The second kappa shape index (κ2) is 3.55. The zero-order valence-electron chi connectivity index (χ0n) is 7.01. The summed E-state index contributed by atoms with van der Waals surface area (Å²) < 4.78 is 0. The fourth-order valence-electron chi connectivity index (χ4n) is 2.26. The predicted molar refractivity (Wildman–Crippen MR) is 44.1 cm³/mol. The SMILES string of the molecule is C1CCC(C2CCNO2)CC1. The summed E-state index contributed by atoms with van der Waals surface area (Å²) in [4.78, 5) is 5.44. The van der Waals surface area contributed by atoms with E-state index in [9.17, 15) is 0 Å². The standard InChI is InChI=1S/C9H17NO/c1-2-4-8(5-3-1)9-6-7-10-11-9/h8-10H,1-7H2. The van der Waals surface area contributed by atoms with Crippen molar-refractivity contribution >= 4 is 0 Å². The van der Waals surface area contributed by atoms with Crippen molar-refractivity contribution in [3.8, 4) is 0 Å². The van der Waals surface area contributed by atoms with Crippen LogP contribution in [0.15, 0.2) is 0 Å². The second-order valence-electron chi connectivity index (χ2n) is 3.74. The smallest absolute Gasteiger partial charge is 0.0831 e. The number of nitrogens with one attached hydrogen (secondary N) is 1. The van der Waals surface area contributed by atoms with Gasteiger partial charge in [-0.25, -0.2) is 5.48 Å². The summed E-state index contributed by atoms with van der Waals surface area (Å²) in [6.07, 6.45) is 8.84. The average Bonchev–Trinajstić information content (AvgIpc) is 2.58. The third kappa shape index (κ3) is 1.74. The molecule has 1 saturated carbocycles. The van der Waals surface area contributed by atoms with Crippen LogP contribution in [0.3, 0.4) is 0 Å². The average molecular weight is 155 g/mol. The lowest BCUT2D eigenvalue weighted by atomic mass is 9.84. The van der Waals surface area contributed by atoms with E-state index in [1.165, 1.54) is 38.5 Å². The van der Waals surface area contributed by atoms with Crippen LogP contribution in [0.2, 0.25) is 0 Å². The van der Waals surface area contributed by atoms with Crippen molar-refractivity contribution < 1.29 is 4.84 Å². The Morgan fingerprint density at radius 1 is 1.00 bits per heavy atom. The highest BCUT2D eigenvalue weighted by atomic mass is 16.7. The minimum Gasteiger partial charge on any atom is -0.298 e. The molecule has 2 aliphatic rings. The molecule has 0 spiro atoms. The second-order valence-corrected chi connectivity index (χ2v) is 3.74. The van der Waals surface area contributed by atoms with E-state index < -0.39 is 0 Å². The van der Waals surface area contributed by atoms with Crippen LogP contribution in [0.1, 0.15) is 38.5 Å². The minimum absolute atomic E-state index is 0.537. The van der Waals surface area contributed by atoms with Crippen molar-refractivity contribution in [2.45, 2.75) is 44.6 Å². The summed E-state index contributed by atoms with van der Waals surface area (Å²) in [6.45, 7) is 1.06. The van der Waals surface area contributed by atoms with E-state index in [4.69, 9.17) is 4.84 Å². The topological polar surface area (TPSA) is 21.3 Å². The molecule has 2 heteroatoms. The van der Waals surface area contributed by atoms with Crippen molar-refractivity contribution in [3.63, 3.8) is 0 Å². The zero-order chi connectivity index (χ0) is 7.52. The van der Waals surface area contributed by atoms with Gasteiger partial charge in [-0.2, -0.15) is 0 Å². The van der Waals surface area contributed by atoms with Gasteiger partial charge in [-0.3, -0.25) is 4.84 Å². The van der Waals surface area contributed by atoms with Gasteiger partial charge >= 0.3 is 0 Å². The molecule has 1 aliphatic heterocycles. The molecule has 0 aromatic carbocycles. The van der Waals surface area contributed by atoms with Crippen LogP contribution in [0.4, 0.5) is 0 Å². The van der Waals surface area contributed by atoms with Crippen LogP contribution in [0.5, 0.6) is 0 Å². The van der Waals surface area contributed by atoms with Gasteiger partial charge in [0, 0.05) is 6.54 Å². The first kappa shape index (κ1) is 7.56. The first-order valence-corrected chi connectivity index (χ1v) is 4.85. The fraction of sp³-hybridized carbons (Fsp3) is 1.00. The van der Waals surface area contributed by atoms with E-state index in [2.05, 4.69) is 5.48 Å². The van der Waals surface area contributed by atoms with Gasteiger partial charge in [-0.15, -0.1) is 0 Å². The van der Waals surface area contributed by atoms with Gasteiger partial charge in [0.25, 0.3) is 0 Å². The van der Waals surface area contributed by atoms with Crippen LogP contribution in [0, 0.1) is 5.92 Å². The molecule has 11 heavy (non-hydrogen) atoms. The highest BCUT2D eigenvalue weighted by Gasteiger charge is 2.27. The Labute approximate surface area is 68.3 Å². The molecule has 0 aromatic heterocycles. The predicted octanol–water partition coefficient (Wildman–Crippen LogP) is 1.86. The summed E-state index contributed by atoms with van der Waals surface area (Å²) >= 11 is 0. The monoisotopic (exact) mass is 155 g/mol. The Balaban J connectivity index is 1.82. The van der Waals surface area contributed by atoms with E-state index in [-0.39, 0.29) is 0 Å². The zero-order valence-corrected chi connectivity index (χ0v) is 7.01. The van der Waals surface area contributed by atoms with Crippen molar-refractivity contribution in [2.24, 2.45) is 5.92 Å². The lowest BCUT2D eigenvalue weighted by Gasteiger charge is -2.25. The van der Waals surface area contributed by atoms with E-state index in [0.29, 0.717) is 6.10 Å². The van der Waals surface area contributed by atoms with Gasteiger partial charge in [-0.1, -0.05) is 19.3 Å². The van der Waals surface area contributed by atoms with Gasteiger partial charge in [0.05, 0.1) is 6.10 Å². The number of rotatable bonds is 1. The molecule has 2 fully saturated rings. The summed E-state index contributed by atoms with van der Waals surface area (Å²) in [7, 11) is 0. The van der Waals surface area contributed by atoms with Crippen LogP contribution in [0.25, 0.3) is 0 Å². The third-order valence-corrected chi connectivity index (χ3v) is 2.94. The molecule has 0 amide bonds. The largest absolute Gasteiger partial charge is 0.298 e. The summed E-state index contributed by atoms with van der Waals surface area (Å²) in [5, 5.41) is 0. The maximum Gasteiger partial charge on any atom is 0.0831 e. The molecule has 1 N–H and O–H groups in total. The Hall–Kier alpha value is -0.0800. The first-order valence-electron chi connectivity index (χ1n) is 4.85. The Morgan fingerprint density at radius 2 is 1.82 bits per heavy atom.